The van der Waals surface area contributed by atoms with E-state index in [1.807, 2.05) is 23.7 Å². The quantitative estimate of drug-likeness (QED) is 0.700. The van der Waals surface area contributed by atoms with Crippen LogP contribution in [-0.2, 0) is 4.79 Å². The summed E-state index contributed by atoms with van der Waals surface area (Å²) in [5, 5.41) is 0. The van der Waals surface area contributed by atoms with Gasteiger partial charge in [0.2, 0.25) is 5.91 Å². The van der Waals surface area contributed by atoms with E-state index >= 15 is 0 Å². The topological polar surface area (TPSA) is 20.3 Å². The lowest BCUT2D eigenvalue weighted by atomic mass is 10.2. The Morgan fingerprint density at radius 2 is 2.50 bits per heavy atom. The Balaban J connectivity index is 2.34. The third-order valence-electron chi connectivity index (χ3n) is 2.17. The van der Waals surface area contributed by atoms with Crippen LogP contribution in [-0.4, -0.2) is 41.2 Å². The van der Waals surface area contributed by atoms with Gasteiger partial charge in [-0.05, 0) is 17.9 Å². The number of hydrogen-bond acceptors (Lipinski definition) is 3. The molecule has 0 aromatic rings. The van der Waals surface area contributed by atoms with Crippen LogP contribution in [0.25, 0.3) is 0 Å². The lowest BCUT2D eigenvalue weighted by molar-refractivity contribution is -0.131. The highest BCUT2D eigenvalue weighted by Gasteiger charge is 2.22. The van der Waals surface area contributed by atoms with E-state index < -0.39 is 0 Å². The largest absolute Gasteiger partial charge is 0.342 e. The summed E-state index contributed by atoms with van der Waals surface area (Å²) in [6, 6.07) is 0.474. The SMILES string of the molecule is CN(C(=O)CCS)C1CCSC1. The summed E-state index contributed by atoms with van der Waals surface area (Å²) in [5.74, 6) is 3.19. The molecule has 0 aliphatic carbocycles. The minimum atomic E-state index is 0.234. The molecule has 4 heteroatoms. The van der Waals surface area contributed by atoms with Crippen molar-refractivity contribution >= 4 is 30.3 Å². The van der Waals surface area contributed by atoms with Crippen LogP contribution in [0.1, 0.15) is 12.8 Å². The number of amides is 1. The Labute approximate surface area is 83.5 Å². The van der Waals surface area contributed by atoms with Gasteiger partial charge in [0.25, 0.3) is 0 Å². The Morgan fingerprint density at radius 3 is 3.00 bits per heavy atom. The first-order chi connectivity index (χ1) is 5.75. The lowest BCUT2D eigenvalue weighted by Crippen LogP contribution is -2.36. The average Bonchev–Trinajstić information content (AvgIpc) is 2.55. The van der Waals surface area contributed by atoms with E-state index in [9.17, 15) is 4.79 Å². The molecule has 0 bridgehead atoms. The van der Waals surface area contributed by atoms with E-state index in [1.54, 1.807) is 0 Å². The Morgan fingerprint density at radius 1 is 1.75 bits per heavy atom. The van der Waals surface area contributed by atoms with Crippen LogP contribution in [0.2, 0.25) is 0 Å². The summed E-state index contributed by atoms with van der Waals surface area (Å²) in [4.78, 5) is 13.3. The third kappa shape index (κ3) is 2.59. The number of nitrogens with zero attached hydrogens (tertiary/aromatic N) is 1. The first-order valence-corrected chi connectivity index (χ1v) is 5.98. The van der Waals surface area contributed by atoms with Crippen molar-refractivity contribution in [3.05, 3.63) is 0 Å². The molecule has 70 valence electrons. The number of carbonyl (C=O) groups excluding carboxylic acids is 1. The maximum Gasteiger partial charge on any atom is 0.223 e. The van der Waals surface area contributed by atoms with Crippen molar-refractivity contribution in [1.29, 1.82) is 0 Å². The second-order valence-electron chi connectivity index (χ2n) is 3.00. The fourth-order valence-electron chi connectivity index (χ4n) is 1.30. The molecule has 1 atom stereocenters. The van der Waals surface area contributed by atoms with Gasteiger partial charge in [-0.2, -0.15) is 24.4 Å². The van der Waals surface area contributed by atoms with E-state index in [2.05, 4.69) is 12.6 Å². The van der Waals surface area contributed by atoms with E-state index in [4.69, 9.17) is 0 Å². The zero-order valence-corrected chi connectivity index (χ0v) is 9.03. The molecule has 1 aliphatic rings. The first kappa shape index (κ1) is 10.3. The molecule has 0 radical (unpaired) electrons. The Bertz CT molecular complexity index is 157. The van der Waals surface area contributed by atoms with Crippen LogP contribution in [0.5, 0.6) is 0 Å². The molecule has 0 N–H and O–H groups in total. The third-order valence-corrected chi connectivity index (χ3v) is 3.54. The van der Waals surface area contributed by atoms with Crippen LogP contribution in [0.15, 0.2) is 0 Å². The monoisotopic (exact) mass is 205 g/mol. The van der Waals surface area contributed by atoms with Gasteiger partial charge in [0.15, 0.2) is 0 Å². The fourth-order valence-corrected chi connectivity index (χ4v) is 2.76. The number of rotatable bonds is 3. The fraction of sp³-hybridized carbons (Fsp3) is 0.875. The Hall–Kier alpha value is 0.170. The van der Waals surface area contributed by atoms with E-state index in [-0.39, 0.29) is 5.91 Å². The van der Waals surface area contributed by atoms with Crippen molar-refractivity contribution in [1.82, 2.24) is 4.90 Å². The minimum absolute atomic E-state index is 0.234. The molecule has 1 aliphatic heterocycles. The smallest absolute Gasteiger partial charge is 0.223 e. The number of thiol groups is 1. The molecular weight excluding hydrogens is 190 g/mol. The molecule has 0 aromatic carbocycles. The summed E-state index contributed by atoms with van der Waals surface area (Å²) in [5.41, 5.74) is 0. The van der Waals surface area contributed by atoms with Gasteiger partial charge < -0.3 is 4.90 Å². The summed E-state index contributed by atoms with van der Waals surface area (Å²) in [7, 11) is 1.91. The van der Waals surface area contributed by atoms with Crippen molar-refractivity contribution < 1.29 is 4.79 Å². The van der Waals surface area contributed by atoms with Crippen molar-refractivity contribution in [2.45, 2.75) is 18.9 Å². The van der Waals surface area contributed by atoms with Crippen molar-refractivity contribution in [2.24, 2.45) is 0 Å². The second kappa shape index (κ2) is 5.02. The number of carbonyl (C=O) groups is 1. The summed E-state index contributed by atoms with van der Waals surface area (Å²) < 4.78 is 0. The number of thioether (sulfide) groups is 1. The predicted octanol–water partition coefficient (Wildman–Crippen LogP) is 1.27. The average molecular weight is 205 g/mol. The molecule has 0 spiro atoms. The maximum atomic E-state index is 11.4. The Kier molecular flexibility index (Phi) is 4.29. The summed E-state index contributed by atoms with van der Waals surface area (Å²) >= 11 is 5.98. The molecule has 1 rings (SSSR count). The van der Waals surface area contributed by atoms with Crippen LogP contribution >= 0.6 is 24.4 Å². The molecule has 1 unspecified atom stereocenters. The van der Waals surface area contributed by atoms with Crippen molar-refractivity contribution in [2.75, 3.05) is 24.3 Å². The highest BCUT2D eigenvalue weighted by Crippen LogP contribution is 2.21. The zero-order valence-electron chi connectivity index (χ0n) is 7.32. The number of hydrogen-bond donors (Lipinski definition) is 1. The van der Waals surface area contributed by atoms with Crippen LogP contribution in [0, 0.1) is 0 Å². The molecule has 12 heavy (non-hydrogen) atoms. The highest BCUT2D eigenvalue weighted by atomic mass is 32.2. The second-order valence-corrected chi connectivity index (χ2v) is 4.59. The molecule has 1 fully saturated rings. The lowest BCUT2D eigenvalue weighted by Gasteiger charge is -2.23. The minimum Gasteiger partial charge on any atom is -0.342 e. The van der Waals surface area contributed by atoms with Gasteiger partial charge in [-0.3, -0.25) is 4.79 Å². The van der Waals surface area contributed by atoms with Gasteiger partial charge >= 0.3 is 0 Å². The normalized spacial score (nSPS) is 22.7. The molecular formula is C8H15NOS2. The van der Waals surface area contributed by atoms with Gasteiger partial charge in [0.05, 0.1) is 0 Å². The maximum absolute atomic E-state index is 11.4. The molecule has 1 saturated heterocycles. The summed E-state index contributed by atoms with van der Waals surface area (Å²) in [6.07, 6.45) is 1.72. The zero-order chi connectivity index (χ0) is 8.97. The van der Waals surface area contributed by atoms with E-state index in [0.29, 0.717) is 18.2 Å². The molecule has 0 aromatic heterocycles. The summed E-state index contributed by atoms with van der Waals surface area (Å²) in [6.45, 7) is 0. The van der Waals surface area contributed by atoms with E-state index in [0.717, 1.165) is 12.2 Å². The molecule has 0 saturated carbocycles. The highest BCUT2D eigenvalue weighted by molar-refractivity contribution is 7.99. The van der Waals surface area contributed by atoms with Crippen LogP contribution < -0.4 is 0 Å². The van der Waals surface area contributed by atoms with Gasteiger partial charge in [-0.25, -0.2) is 0 Å². The van der Waals surface area contributed by atoms with Gasteiger partial charge in [-0.15, -0.1) is 0 Å². The van der Waals surface area contributed by atoms with Gasteiger partial charge in [0, 0.05) is 25.3 Å². The van der Waals surface area contributed by atoms with Crippen molar-refractivity contribution in [3.63, 3.8) is 0 Å². The molecule has 2 nitrogen and oxygen atoms in total. The van der Waals surface area contributed by atoms with Crippen LogP contribution in [0.3, 0.4) is 0 Å². The van der Waals surface area contributed by atoms with Crippen molar-refractivity contribution in [3.8, 4) is 0 Å². The first-order valence-electron chi connectivity index (χ1n) is 4.20. The van der Waals surface area contributed by atoms with E-state index in [1.165, 1.54) is 5.75 Å². The van der Waals surface area contributed by atoms with Crippen LogP contribution in [0.4, 0.5) is 0 Å². The van der Waals surface area contributed by atoms with Gasteiger partial charge in [0.1, 0.15) is 0 Å². The molecule has 1 amide bonds. The standard InChI is InChI=1S/C8H15NOS2/c1-9(8(10)2-4-11)7-3-5-12-6-7/h7,11H,2-6H2,1H3. The molecule has 1 heterocycles. The predicted molar refractivity (Wildman–Crippen MR) is 57.0 cm³/mol. The van der Waals surface area contributed by atoms with Gasteiger partial charge in [-0.1, -0.05) is 0 Å².